The summed E-state index contributed by atoms with van der Waals surface area (Å²) in [5.74, 6) is -0.319. The molecule has 0 amide bonds. The van der Waals surface area contributed by atoms with Gasteiger partial charge in [-0.15, -0.1) is 0 Å². The van der Waals surface area contributed by atoms with Gasteiger partial charge in [0, 0.05) is 35.4 Å². The van der Waals surface area contributed by atoms with Crippen molar-refractivity contribution in [3.8, 4) is 11.3 Å². The van der Waals surface area contributed by atoms with E-state index in [0.29, 0.717) is 29.5 Å². The lowest BCUT2D eigenvalue weighted by Crippen LogP contribution is -2.42. The van der Waals surface area contributed by atoms with Gasteiger partial charge in [-0.1, -0.05) is 6.07 Å². The molecule has 4 rings (SSSR count). The zero-order valence-corrected chi connectivity index (χ0v) is 17.2. The fraction of sp³-hybridized carbons (Fsp3) is 0.409. The van der Waals surface area contributed by atoms with E-state index in [-0.39, 0.29) is 35.8 Å². The van der Waals surface area contributed by atoms with E-state index in [9.17, 15) is 14.3 Å². The summed E-state index contributed by atoms with van der Waals surface area (Å²) < 4.78 is 21.9. The summed E-state index contributed by atoms with van der Waals surface area (Å²) in [5.41, 5.74) is 2.05. The van der Waals surface area contributed by atoms with E-state index in [1.807, 2.05) is 24.6 Å². The molecule has 2 atom stereocenters. The van der Waals surface area contributed by atoms with Gasteiger partial charge >= 0.3 is 0 Å². The Kier molecular flexibility index (Phi) is 5.53. The first kappa shape index (κ1) is 20.4. The summed E-state index contributed by atoms with van der Waals surface area (Å²) in [7, 11) is 0. The minimum atomic E-state index is -0.680. The van der Waals surface area contributed by atoms with Gasteiger partial charge in [-0.3, -0.25) is 4.79 Å². The first-order valence-corrected chi connectivity index (χ1v) is 10.1. The smallest absolute Gasteiger partial charge is 0.223 e. The van der Waals surface area contributed by atoms with Crippen molar-refractivity contribution in [1.29, 1.82) is 0 Å². The van der Waals surface area contributed by atoms with Crippen LogP contribution in [0.4, 0.5) is 10.3 Å². The largest absolute Gasteiger partial charge is 0.389 e. The Labute approximate surface area is 173 Å². The number of pyridine rings is 1. The van der Waals surface area contributed by atoms with Gasteiger partial charge in [-0.05, 0) is 39.3 Å². The molecule has 3 heterocycles. The van der Waals surface area contributed by atoms with Crippen LogP contribution in [0.3, 0.4) is 0 Å². The molecule has 2 N–H and O–H groups in total. The Morgan fingerprint density at radius 3 is 2.90 bits per heavy atom. The Bertz CT molecular complexity index is 1150. The van der Waals surface area contributed by atoms with Gasteiger partial charge in [0.25, 0.3) is 0 Å². The molecule has 1 aliphatic rings. The van der Waals surface area contributed by atoms with Crippen molar-refractivity contribution in [3.05, 3.63) is 52.2 Å². The van der Waals surface area contributed by atoms with Crippen LogP contribution in [0.1, 0.15) is 31.9 Å². The molecule has 0 spiro atoms. The van der Waals surface area contributed by atoms with E-state index in [0.717, 1.165) is 11.7 Å². The Hall–Kier alpha value is -2.84. The van der Waals surface area contributed by atoms with Gasteiger partial charge < -0.3 is 19.7 Å². The molecule has 1 saturated heterocycles. The second-order valence-electron chi connectivity index (χ2n) is 7.95. The highest BCUT2D eigenvalue weighted by Crippen LogP contribution is 2.27. The van der Waals surface area contributed by atoms with Crippen LogP contribution in [-0.4, -0.2) is 45.0 Å². The van der Waals surface area contributed by atoms with Gasteiger partial charge in [0.05, 0.1) is 30.5 Å². The quantitative estimate of drug-likeness (QED) is 0.685. The number of aliphatic hydroxyl groups is 1. The maximum absolute atomic E-state index is 14.6. The van der Waals surface area contributed by atoms with Gasteiger partial charge in [-0.2, -0.15) is 0 Å². The molecule has 158 valence electrons. The fourth-order valence-corrected chi connectivity index (χ4v) is 3.76. The second-order valence-corrected chi connectivity index (χ2v) is 7.95. The van der Waals surface area contributed by atoms with Crippen molar-refractivity contribution in [2.75, 3.05) is 18.5 Å². The summed E-state index contributed by atoms with van der Waals surface area (Å²) in [4.78, 5) is 20.9. The van der Waals surface area contributed by atoms with Crippen LogP contribution in [0.15, 0.2) is 35.4 Å². The SMILES string of the molecule is Cc1cn(C(C)C)c2cc(-c3nc(N[C@@H]4CCOC[C@H]4O)ncc3F)ccc2c1=O. The number of hydrogen-bond acceptors (Lipinski definition) is 6. The molecule has 1 aliphatic heterocycles. The van der Waals surface area contributed by atoms with Gasteiger partial charge in [0.15, 0.2) is 11.2 Å². The number of halogens is 1. The van der Waals surface area contributed by atoms with Crippen LogP contribution in [0, 0.1) is 12.7 Å². The van der Waals surface area contributed by atoms with Gasteiger partial charge in [0.2, 0.25) is 5.95 Å². The molecule has 0 radical (unpaired) electrons. The molecule has 30 heavy (non-hydrogen) atoms. The van der Waals surface area contributed by atoms with Gasteiger partial charge in [0.1, 0.15) is 5.69 Å². The maximum Gasteiger partial charge on any atom is 0.223 e. The van der Waals surface area contributed by atoms with Crippen molar-refractivity contribution >= 4 is 16.9 Å². The third-order valence-electron chi connectivity index (χ3n) is 5.43. The number of hydrogen-bond donors (Lipinski definition) is 2. The molecule has 0 saturated carbocycles. The predicted molar refractivity (Wildman–Crippen MR) is 113 cm³/mol. The molecule has 0 aliphatic carbocycles. The number of fused-ring (bicyclic) bond motifs is 1. The van der Waals surface area contributed by atoms with Crippen molar-refractivity contribution in [1.82, 2.24) is 14.5 Å². The van der Waals surface area contributed by atoms with E-state index in [2.05, 4.69) is 15.3 Å². The van der Waals surface area contributed by atoms with E-state index < -0.39 is 11.9 Å². The van der Waals surface area contributed by atoms with Crippen molar-refractivity contribution in [2.24, 2.45) is 0 Å². The molecule has 1 aromatic carbocycles. The van der Waals surface area contributed by atoms with Crippen LogP contribution >= 0.6 is 0 Å². The highest BCUT2D eigenvalue weighted by atomic mass is 19.1. The molecule has 0 unspecified atom stereocenters. The molecule has 8 heteroatoms. The van der Waals surface area contributed by atoms with Crippen molar-refractivity contribution < 1.29 is 14.2 Å². The van der Waals surface area contributed by atoms with Crippen LogP contribution in [0.2, 0.25) is 0 Å². The zero-order valence-electron chi connectivity index (χ0n) is 17.2. The summed E-state index contributed by atoms with van der Waals surface area (Å²) in [5, 5.41) is 13.7. The lowest BCUT2D eigenvalue weighted by molar-refractivity contribution is -0.0136. The summed E-state index contributed by atoms with van der Waals surface area (Å²) in [6.45, 7) is 6.62. The minimum absolute atomic E-state index is 0.0347. The average molecular weight is 412 g/mol. The molecular weight excluding hydrogens is 387 g/mol. The predicted octanol–water partition coefficient (Wildman–Crippen LogP) is 3.05. The van der Waals surface area contributed by atoms with E-state index in [1.54, 1.807) is 25.1 Å². The Balaban J connectivity index is 1.77. The molecule has 2 aromatic heterocycles. The molecule has 7 nitrogen and oxygen atoms in total. The third-order valence-corrected chi connectivity index (χ3v) is 5.43. The highest BCUT2D eigenvalue weighted by Gasteiger charge is 2.24. The Morgan fingerprint density at radius 2 is 2.17 bits per heavy atom. The number of nitrogens with zero attached hydrogens (tertiary/aromatic N) is 3. The van der Waals surface area contributed by atoms with Crippen LogP contribution in [0.25, 0.3) is 22.2 Å². The summed E-state index contributed by atoms with van der Waals surface area (Å²) >= 11 is 0. The van der Waals surface area contributed by atoms with E-state index >= 15 is 0 Å². The van der Waals surface area contributed by atoms with Crippen molar-refractivity contribution in [2.45, 2.75) is 45.4 Å². The number of aromatic nitrogens is 3. The average Bonchev–Trinajstić information content (AvgIpc) is 2.73. The number of benzene rings is 1. The first-order chi connectivity index (χ1) is 14.3. The maximum atomic E-state index is 14.6. The normalized spacial score (nSPS) is 19.4. The van der Waals surface area contributed by atoms with Crippen LogP contribution in [-0.2, 0) is 4.74 Å². The number of aryl methyl sites for hydroxylation is 1. The Morgan fingerprint density at radius 1 is 1.37 bits per heavy atom. The summed E-state index contributed by atoms with van der Waals surface area (Å²) in [6.07, 6.45) is 2.87. The minimum Gasteiger partial charge on any atom is -0.389 e. The number of aliphatic hydroxyl groups excluding tert-OH is 1. The number of rotatable bonds is 4. The lowest BCUT2D eigenvalue weighted by Gasteiger charge is -2.28. The van der Waals surface area contributed by atoms with Crippen LogP contribution < -0.4 is 10.7 Å². The highest BCUT2D eigenvalue weighted by molar-refractivity contribution is 5.84. The number of anilines is 1. The molecule has 1 fully saturated rings. The van der Waals surface area contributed by atoms with E-state index in [4.69, 9.17) is 4.74 Å². The first-order valence-electron chi connectivity index (χ1n) is 10.1. The topological polar surface area (TPSA) is 89.3 Å². The zero-order chi connectivity index (χ0) is 21.4. The molecular formula is C22H25FN4O3. The monoisotopic (exact) mass is 412 g/mol. The third kappa shape index (κ3) is 3.80. The standard InChI is InChI=1S/C22H25FN4O3/c1-12(2)27-10-13(3)21(29)15-5-4-14(8-18(15)27)20-16(23)9-24-22(26-20)25-17-6-7-30-11-19(17)28/h4-5,8-10,12,17,19,28H,6-7,11H2,1-3H3,(H,24,25,26)/t17-,19-/m1/s1. The fourth-order valence-electron chi connectivity index (χ4n) is 3.76. The van der Waals surface area contributed by atoms with Crippen molar-refractivity contribution in [3.63, 3.8) is 0 Å². The van der Waals surface area contributed by atoms with Crippen LogP contribution in [0.5, 0.6) is 0 Å². The number of ether oxygens (including phenoxy) is 1. The van der Waals surface area contributed by atoms with E-state index in [1.165, 1.54) is 0 Å². The molecule has 3 aromatic rings. The van der Waals surface area contributed by atoms with Gasteiger partial charge in [-0.25, -0.2) is 14.4 Å². The summed E-state index contributed by atoms with van der Waals surface area (Å²) in [6, 6.07) is 5.07. The second kappa shape index (κ2) is 8.12. The lowest BCUT2D eigenvalue weighted by atomic mass is 10.1. The molecule has 0 bridgehead atoms. The number of nitrogens with one attached hydrogen (secondary N) is 1.